The molecule has 2 aromatic heterocycles. The highest BCUT2D eigenvalue weighted by Crippen LogP contribution is 2.27. The highest BCUT2D eigenvalue weighted by Gasteiger charge is 2.29. The fraction of sp³-hybridized carbons (Fsp3) is 0.636. The number of carbonyl (C=O) groups excluding carboxylic acids is 1. The zero-order chi connectivity index (χ0) is 20.7. The Kier molecular flexibility index (Phi) is 5.45. The van der Waals surface area contributed by atoms with Crippen LogP contribution in [0.3, 0.4) is 0 Å². The highest BCUT2D eigenvalue weighted by molar-refractivity contribution is 7.13. The van der Waals surface area contributed by atoms with Crippen LogP contribution in [0.15, 0.2) is 6.20 Å². The lowest BCUT2D eigenvalue weighted by atomic mass is 9.91. The number of fused-ring (bicyclic) bond motifs is 1. The average molecular weight is 427 g/mol. The molecule has 0 unspecified atom stereocenters. The van der Waals surface area contributed by atoms with Crippen LogP contribution in [0.25, 0.3) is 0 Å². The van der Waals surface area contributed by atoms with Gasteiger partial charge in [-0.1, -0.05) is 6.42 Å². The Morgan fingerprint density at radius 3 is 2.47 bits per heavy atom. The van der Waals surface area contributed by atoms with Crippen LogP contribution in [-0.2, 0) is 12.8 Å². The van der Waals surface area contributed by atoms with E-state index in [0.717, 1.165) is 72.3 Å². The molecule has 0 radical (unpaired) electrons. The van der Waals surface area contributed by atoms with Crippen molar-refractivity contribution in [3.05, 3.63) is 33.0 Å². The van der Waals surface area contributed by atoms with Crippen molar-refractivity contribution in [1.82, 2.24) is 24.8 Å². The SMILES string of the molecule is Cc1nc(C)c(C(=O)N2CCc3cnc(N4CCN(C5CCC5)CC4)nc3CC2)s1. The van der Waals surface area contributed by atoms with E-state index in [1.807, 2.05) is 24.9 Å². The standard InChI is InChI=1S/C22H30N6OS/c1-15-20(30-16(2)24-15)21(29)27-8-6-17-14-23-22(25-19(17)7-9-27)28-12-10-26(11-13-28)18-4-3-5-18/h14,18H,3-13H2,1-2H3. The molecule has 4 heterocycles. The number of piperazine rings is 1. The van der Waals surface area contributed by atoms with Crippen molar-refractivity contribution in [2.24, 2.45) is 0 Å². The Morgan fingerprint density at radius 2 is 1.80 bits per heavy atom. The Hall–Kier alpha value is -2.06. The van der Waals surface area contributed by atoms with Gasteiger partial charge in [-0.2, -0.15) is 0 Å². The summed E-state index contributed by atoms with van der Waals surface area (Å²) in [6.07, 6.45) is 7.71. The van der Waals surface area contributed by atoms with E-state index in [9.17, 15) is 4.79 Å². The largest absolute Gasteiger partial charge is 0.338 e. The summed E-state index contributed by atoms with van der Waals surface area (Å²) in [7, 11) is 0. The molecule has 160 valence electrons. The van der Waals surface area contributed by atoms with E-state index in [1.165, 1.54) is 36.2 Å². The van der Waals surface area contributed by atoms with Crippen LogP contribution in [0.4, 0.5) is 5.95 Å². The Bertz CT molecular complexity index is 932. The fourth-order valence-electron chi connectivity index (χ4n) is 4.73. The number of aromatic nitrogens is 3. The molecule has 0 atom stereocenters. The number of aryl methyl sites for hydroxylation is 2. The third kappa shape index (κ3) is 3.83. The van der Waals surface area contributed by atoms with Gasteiger partial charge in [0.1, 0.15) is 4.88 Å². The Labute approximate surface area is 182 Å². The van der Waals surface area contributed by atoms with Crippen molar-refractivity contribution in [2.45, 2.75) is 52.0 Å². The summed E-state index contributed by atoms with van der Waals surface area (Å²) in [6.45, 7) is 9.52. The maximum atomic E-state index is 13.0. The molecule has 5 rings (SSSR count). The molecule has 0 bridgehead atoms. The molecule has 0 aromatic carbocycles. The molecule has 2 aliphatic heterocycles. The van der Waals surface area contributed by atoms with E-state index < -0.39 is 0 Å². The second-order valence-corrected chi connectivity index (χ2v) is 9.89. The number of hydrogen-bond donors (Lipinski definition) is 0. The van der Waals surface area contributed by atoms with Gasteiger partial charge in [0.25, 0.3) is 5.91 Å². The first-order chi connectivity index (χ1) is 14.6. The lowest BCUT2D eigenvalue weighted by molar-refractivity contribution is 0.0767. The molecule has 0 spiro atoms. The topological polar surface area (TPSA) is 65.5 Å². The van der Waals surface area contributed by atoms with E-state index in [0.29, 0.717) is 13.1 Å². The van der Waals surface area contributed by atoms with Crippen LogP contribution < -0.4 is 4.90 Å². The summed E-state index contributed by atoms with van der Waals surface area (Å²) in [5, 5.41) is 0.946. The van der Waals surface area contributed by atoms with Gasteiger partial charge in [-0.15, -0.1) is 11.3 Å². The van der Waals surface area contributed by atoms with Gasteiger partial charge in [-0.3, -0.25) is 9.69 Å². The maximum absolute atomic E-state index is 13.0. The minimum absolute atomic E-state index is 0.103. The van der Waals surface area contributed by atoms with Crippen molar-refractivity contribution >= 4 is 23.2 Å². The Morgan fingerprint density at radius 1 is 1.03 bits per heavy atom. The van der Waals surface area contributed by atoms with Gasteiger partial charge in [0.05, 0.1) is 16.4 Å². The van der Waals surface area contributed by atoms with Crippen LogP contribution in [0.1, 0.15) is 50.9 Å². The number of amides is 1. The normalized spacial score (nSPS) is 20.6. The molecule has 3 aliphatic rings. The van der Waals surface area contributed by atoms with Crippen molar-refractivity contribution in [2.75, 3.05) is 44.2 Å². The number of carbonyl (C=O) groups is 1. The van der Waals surface area contributed by atoms with Gasteiger partial charge >= 0.3 is 0 Å². The van der Waals surface area contributed by atoms with Crippen molar-refractivity contribution in [3.63, 3.8) is 0 Å². The molecule has 30 heavy (non-hydrogen) atoms. The molecule has 1 aliphatic carbocycles. The minimum atomic E-state index is 0.103. The van der Waals surface area contributed by atoms with Gasteiger partial charge in [0.2, 0.25) is 5.95 Å². The first-order valence-electron chi connectivity index (χ1n) is 11.2. The molecule has 2 fully saturated rings. The summed E-state index contributed by atoms with van der Waals surface area (Å²) >= 11 is 1.49. The van der Waals surface area contributed by atoms with Crippen LogP contribution >= 0.6 is 11.3 Å². The van der Waals surface area contributed by atoms with E-state index >= 15 is 0 Å². The van der Waals surface area contributed by atoms with Gasteiger partial charge in [-0.05, 0) is 38.7 Å². The maximum Gasteiger partial charge on any atom is 0.265 e. The molecule has 7 nitrogen and oxygen atoms in total. The molecule has 8 heteroatoms. The smallest absolute Gasteiger partial charge is 0.265 e. The number of anilines is 1. The highest BCUT2D eigenvalue weighted by atomic mass is 32.1. The van der Waals surface area contributed by atoms with Gasteiger partial charge in [0, 0.05) is 57.9 Å². The number of thiazole rings is 1. The molecule has 1 amide bonds. The fourth-order valence-corrected chi connectivity index (χ4v) is 5.62. The first-order valence-corrected chi connectivity index (χ1v) is 12.0. The molecule has 0 N–H and O–H groups in total. The number of hydrogen-bond acceptors (Lipinski definition) is 7. The molecule has 1 saturated carbocycles. The summed E-state index contributed by atoms with van der Waals surface area (Å²) < 4.78 is 0. The van der Waals surface area contributed by atoms with E-state index in [4.69, 9.17) is 9.97 Å². The van der Waals surface area contributed by atoms with Gasteiger partial charge < -0.3 is 9.80 Å². The summed E-state index contributed by atoms with van der Waals surface area (Å²) in [5.41, 5.74) is 3.13. The van der Waals surface area contributed by atoms with Crippen LogP contribution in [0.2, 0.25) is 0 Å². The van der Waals surface area contributed by atoms with E-state index in [1.54, 1.807) is 0 Å². The monoisotopic (exact) mass is 426 g/mol. The Balaban J connectivity index is 1.24. The lowest BCUT2D eigenvalue weighted by Crippen LogP contribution is -2.52. The molecular formula is C22H30N6OS. The second kappa shape index (κ2) is 8.23. The predicted octanol–water partition coefficient (Wildman–Crippen LogP) is 2.47. The van der Waals surface area contributed by atoms with Crippen molar-refractivity contribution in [1.29, 1.82) is 0 Å². The predicted molar refractivity (Wildman–Crippen MR) is 118 cm³/mol. The number of rotatable bonds is 3. The molecular weight excluding hydrogens is 396 g/mol. The third-order valence-corrected chi connectivity index (χ3v) is 7.85. The van der Waals surface area contributed by atoms with Crippen LogP contribution in [0.5, 0.6) is 0 Å². The number of nitrogens with zero attached hydrogens (tertiary/aromatic N) is 6. The summed E-state index contributed by atoms with van der Waals surface area (Å²) in [5.74, 6) is 0.960. The molecule has 2 aromatic rings. The van der Waals surface area contributed by atoms with Crippen LogP contribution in [-0.4, -0.2) is 76.0 Å². The van der Waals surface area contributed by atoms with E-state index in [2.05, 4.69) is 14.8 Å². The van der Waals surface area contributed by atoms with E-state index in [-0.39, 0.29) is 5.91 Å². The lowest BCUT2D eigenvalue weighted by Gasteiger charge is -2.43. The summed E-state index contributed by atoms with van der Waals surface area (Å²) in [6, 6.07) is 0.814. The third-order valence-electron chi connectivity index (χ3n) is 6.78. The second-order valence-electron chi connectivity index (χ2n) is 8.69. The molecule has 1 saturated heterocycles. The first kappa shape index (κ1) is 19.9. The zero-order valence-electron chi connectivity index (χ0n) is 17.9. The van der Waals surface area contributed by atoms with Crippen molar-refractivity contribution in [3.8, 4) is 0 Å². The summed E-state index contributed by atoms with van der Waals surface area (Å²) in [4.78, 5) is 34.8. The quantitative estimate of drug-likeness (QED) is 0.751. The zero-order valence-corrected chi connectivity index (χ0v) is 18.7. The average Bonchev–Trinajstić information content (AvgIpc) is 2.92. The van der Waals surface area contributed by atoms with Gasteiger partial charge in [0.15, 0.2) is 0 Å². The van der Waals surface area contributed by atoms with Gasteiger partial charge in [-0.25, -0.2) is 15.0 Å². The van der Waals surface area contributed by atoms with Crippen LogP contribution in [0, 0.1) is 13.8 Å². The minimum Gasteiger partial charge on any atom is -0.338 e. The van der Waals surface area contributed by atoms with Crippen molar-refractivity contribution < 1.29 is 4.79 Å².